The number of hydrogen-bond acceptors (Lipinski definition) is 4. The molecule has 0 unspecified atom stereocenters. The zero-order chi connectivity index (χ0) is 22.0. The summed E-state index contributed by atoms with van der Waals surface area (Å²) in [6, 6.07) is 22.9. The maximum Gasteiger partial charge on any atom is 0.337 e. The minimum atomic E-state index is -0.516. The van der Waals surface area contributed by atoms with Crippen molar-refractivity contribution in [3.63, 3.8) is 0 Å². The van der Waals surface area contributed by atoms with Crippen molar-refractivity contribution in [3.05, 3.63) is 112 Å². The van der Waals surface area contributed by atoms with Gasteiger partial charge >= 0.3 is 5.97 Å². The minimum Gasteiger partial charge on any atom is -0.503 e. The van der Waals surface area contributed by atoms with Crippen LogP contribution in [0, 0.1) is 0 Å². The van der Waals surface area contributed by atoms with Gasteiger partial charge in [0.15, 0.2) is 5.76 Å². The van der Waals surface area contributed by atoms with Gasteiger partial charge in [0.2, 0.25) is 0 Å². The number of esters is 1. The van der Waals surface area contributed by atoms with Crippen molar-refractivity contribution >= 4 is 29.1 Å². The van der Waals surface area contributed by atoms with Gasteiger partial charge < -0.3 is 14.7 Å². The van der Waals surface area contributed by atoms with Gasteiger partial charge in [-0.2, -0.15) is 0 Å². The Labute approximate surface area is 185 Å². The highest BCUT2D eigenvalue weighted by molar-refractivity contribution is 6.30. The van der Waals surface area contributed by atoms with Crippen molar-refractivity contribution in [2.24, 2.45) is 0 Å². The van der Waals surface area contributed by atoms with Crippen molar-refractivity contribution < 1.29 is 19.4 Å². The van der Waals surface area contributed by atoms with Crippen LogP contribution in [0.3, 0.4) is 0 Å². The lowest BCUT2D eigenvalue weighted by molar-refractivity contribution is -0.130. The van der Waals surface area contributed by atoms with E-state index < -0.39 is 17.9 Å². The summed E-state index contributed by atoms with van der Waals surface area (Å²) in [6.45, 7) is 0.291. The van der Waals surface area contributed by atoms with Crippen LogP contribution in [0.2, 0.25) is 5.02 Å². The maximum absolute atomic E-state index is 13.1. The van der Waals surface area contributed by atoms with E-state index in [0.29, 0.717) is 22.7 Å². The third kappa shape index (κ3) is 4.05. The molecule has 5 nitrogen and oxygen atoms in total. The predicted octanol–water partition coefficient (Wildman–Crippen LogP) is 5.18. The summed E-state index contributed by atoms with van der Waals surface area (Å²) in [6.07, 6.45) is 0. The molecule has 1 heterocycles. The average Bonchev–Trinajstić information content (AvgIpc) is 3.05. The Morgan fingerprint density at radius 3 is 2.26 bits per heavy atom. The molecule has 31 heavy (non-hydrogen) atoms. The second-order valence-corrected chi connectivity index (χ2v) is 7.64. The summed E-state index contributed by atoms with van der Waals surface area (Å²) in [4.78, 5) is 26.5. The maximum atomic E-state index is 13.1. The number of ether oxygens (including phenoxy) is 1. The number of nitrogens with zero attached hydrogens (tertiary/aromatic N) is 1. The van der Waals surface area contributed by atoms with Crippen molar-refractivity contribution in [2.45, 2.75) is 12.6 Å². The number of aliphatic hydroxyl groups excluding tert-OH is 1. The first-order valence-electron chi connectivity index (χ1n) is 9.72. The van der Waals surface area contributed by atoms with Gasteiger partial charge in [0.05, 0.1) is 18.7 Å². The zero-order valence-corrected chi connectivity index (χ0v) is 17.5. The summed E-state index contributed by atoms with van der Waals surface area (Å²) in [5, 5.41) is 11.4. The summed E-state index contributed by atoms with van der Waals surface area (Å²) in [5.74, 6) is -1.16. The van der Waals surface area contributed by atoms with Crippen molar-refractivity contribution in [1.82, 2.24) is 4.90 Å². The molecular weight excluding hydrogens is 414 g/mol. The van der Waals surface area contributed by atoms with E-state index >= 15 is 0 Å². The molecule has 156 valence electrons. The highest BCUT2D eigenvalue weighted by Gasteiger charge is 2.41. The Morgan fingerprint density at radius 1 is 1.00 bits per heavy atom. The highest BCUT2D eigenvalue weighted by atomic mass is 35.5. The number of aliphatic hydroxyl groups is 1. The van der Waals surface area contributed by atoms with Crippen molar-refractivity contribution in [2.75, 3.05) is 7.11 Å². The zero-order valence-electron chi connectivity index (χ0n) is 16.8. The van der Waals surface area contributed by atoms with Crippen LogP contribution in [-0.2, 0) is 16.1 Å². The Kier molecular flexibility index (Phi) is 5.78. The molecule has 0 spiro atoms. The normalized spacial score (nSPS) is 16.0. The number of hydrogen-bond donors (Lipinski definition) is 1. The largest absolute Gasteiger partial charge is 0.503 e. The Morgan fingerprint density at radius 2 is 1.65 bits per heavy atom. The van der Waals surface area contributed by atoms with Gasteiger partial charge in [0, 0.05) is 17.1 Å². The van der Waals surface area contributed by atoms with E-state index in [1.165, 1.54) is 7.11 Å². The molecule has 0 aromatic heterocycles. The summed E-state index contributed by atoms with van der Waals surface area (Å²) in [5.41, 5.74) is 3.36. The molecule has 4 rings (SSSR count). The number of methoxy groups -OCH3 is 1. The standard InChI is InChI=1S/C25H20ClNO4/c1-31-25(30)19-11-9-18(10-12-19)22-21(17-5-3-2-4-6-17)23(28)24(29)27(22)15-16-7-13-20(26)14-8-16/h2-14,22,28H,15H2,1H3/t22-/m0/s1. The number of amides is 1. The summed E-state index contributed by atoms with van der Waals surface area (Å²) >= 11 is 5.99. The first kappa shape index (κ1) is 20.7. The van der Waals surface area contributed by atoms with E-state index in [0.717, 1.165) is 16.7 Å². The van der Waals surface area contributed by atoms with E-state index in [-0.39, 0.29) is 5.76 Å². The molecule has 1 N–H and O–H groups in total. The topological polar surface area (TPSA) is 66.8 Å². The smallest absolute Gasteiger partial charge is 0.337 e. The third-order valence-electron chi connectivity index (χ3n) is 5.30. The monoisotopic (exact) mass is 433 g/mol. The molecule has 3 aromatic carbocycles. The quantitative estimate of drug-likeness (QED) is 0.563. The van der Waals surface area contributed by atoms with Gasteiger partial charge in [0.25, 0.3) is 5.91 Å². The first-order valence-corrected chi connectivity index (χ1v) is 10.1. The summed E-state index contributed by atoms with van der Waals surface area (Å²) < 4.78 is 4.77. The Bertz CT molecular complexity index is 1140. The lowest BCUT2D eigenvalue weighted by atomic mass is 9.93. The molecule has 0 saturated heterocycles. The van der Waals surface area contributed by atoms with Crippen molar-refractivity contribution in [1.29, 1.82) is 0 Å². The lowest BCUT2D eigenvalue weighted by Gasteiger charge is -2.27. The lowest BCUT2D eigenvalue weighted by Crippen LogP contribution is -2.29. The van der Waals surface area contributed by atoms with E-state index in [1.807, 2.05) is 42.5 Å². The van der Waals surface area contributed by atoms with Crippen LogP contribution in [0.25, 0.3) is 5.57 Å². The molecule has 0 aliphatic carbocycles. The minimum absolute atomic E-state index is 0.276. The fourth-order valence-electron chi connectivity index (χ4n) is 3.78. The second kappa shape index (κ2) is 8.66. The van der Waals surface area contributed by atoms with Crippen LogP contribution in [0.15, 0.2) is 84.6 Å². The fourth-order valence-corrected chi connectivity index (χ4v) is 3.91. The van der Waals surface area contributed by atoms with Gasteiger partial charge in [-0.3, -0.25) is 4.79 Å². The molecule has 1 aliphatic heterocycles. The number of carbonyl (C=O) groups is 2. The van der Waals surface area contributed by atoms with E-state index in [2.05, 4.69) is 0 Å². The highest BCUT2D eigenvalue weighted by Crippen LogP contribution is 2.43. The van der Waals surface area contributed by atoms with Gasteiger partial charge in [0.1, 0.15) is 0 Å². The van der Waals surface area contributed by atoms with E-state index in [4.69, 9.17) is 16.3 Å². The molecule has 0 radical (unpaired) electrons. The van der Waals surface area contributed by atoms with Crippen LogP contribution in [0.4, 0.5) is 0 Å². The molecule has 1 amide bonds. The van der Waals surface area contributed by atoms with E-state index in [9.17, 15) is 14.7 Å². The molecular formula is C25H20ClNO4. The molecule has 0 fully saturated rings. The van der Waals surface area contributed by atoms with Crippen LogP contribution in [0.1, 0.15) is 33.1 Å². The summed E-state index contributed by atoms with van der Waals surface area (Å²) in [7, 11) is 1.33. The molecule has 3 aromatic rings. The molecule has 0 saturated carbocycles. The Hall–Kier alpha value is -3.57. The first-order chi connectivity index (χ1) is 15.0. The van der Waals surface area contributed by atoms with Gasteiger partial charge in [-0.1, -0.05) is 66.2 Å². The van der Waals surface area contributed by atoms with Gasteiger partial charge in [-0.05, 0) is 41.0 Å². The number of benzene rings is 3. The van der Waals surface area contributed by atoms with Crippen LogP contribution < -0.4 is 0 Å². The van der Waals surface area contributed by atoms with Gasteiger partial charge in [-0.25, -0.2) is 4.79 Å². The Balaban J connectivity index is 1.78. The van der Waals surface area contributed by atoms with Crippen LogP contribution >= 0.6 is 11.6 Å². The SMILES string of the molecule is COC(=O)c1ccc([C@H]2C(c3ccccc3)=C(O)C(=O)N2Cc2ccc(Cl)cc2)cc1. The van der Waals surface area contributed by atoms with Crippen molar-refractivity contribution in [3.8, 4) is 0 Å². The molecule has 0 bridgehead atoms. The predicted molar refractivity (Wildman–Crippen MR) is 119 cm³/mol. The van der Waals surface area contributed by atoms with E-state index in [1.54, 1.807) is 41.3 Å². The third-order valence-corrected chi connectivity index (χ3v) is 5.55. The average molecular weight is 434 g/mol. The second-order valence-electron chi connectivity index (χ2n) is 7.20. The van der Waals surface area contributed by atoms with Gasteiger partial charge in [-0.15, -0.1) is 0 Å². The number of rotatable bonds is 5. The van der Waals surface area contributed by atoms with Crippen LogP contribution in [-0.4, -0.2) is 29.0 Å². The number of carbonyl (C=O) groups excluding carboxylic acids is 2. The fraction of sp³-hybridized carbons (Fsp3) is 0.120. The number of halogens is 1. The molecule has 1 atom stereocenters. The molecule has 6 heteroatoms. The van der Waals surface area contributed by atoms with Crippen LogP contribution in [0.5, 0.6) is 0 Å². The molecule has 1 aliphatic rings.